The summed E-state index contributed by atoms with van der Waals surface area (Å²) in [5.41, 5.74) is 7.48. The summed E-state index contributed by atoms with van der Waals surface area (Å²) < 4.78 is 0. The summed E-state index contributed by atoms with van der Waals surface area (Å²) in [5.74, 6) is -0.909. The van der Waals surface area contributed by atoms with Crippen molar-refractivity contribution in [1.82, 2.24) is 4.98 Å². The molecule has 0 spiro atoms. The van der Waals surface area contributed by atoms with E-state index < -0.39 is 5.97 Å². The molecule has 2 N–H and O–H groups in total. The van der Waals surface area contributed by atoms with E-state index in [4.69, 9.17) is 5.11 Å². The molecule has 0 fully saturated rings. The van der Waals surface area contributed by atoms with Gasteiger partial charge in [-0.25, -0.2) is 4.79 Å². The first-order valence-electron chi connectivity index (χ1n) is 11.1. The van der Waals surface area contributed by atoms with Gasteiger partial charge in [0.1, 0.15) is 0 Å². The van der Waals surface area contributed by atoms with E-state index in [9.17, 15) is 10.0 Å². The van der Waals surface area contributed by atoms with Crippen molar-refractivity contribution in [3.63, 3.8) is 0 Å². The monoisotopic (exact) mass is 450 g/mol. The van der Waals surface area contributed by atoms with Crippen molar-refractivity contribution < 1.29 is 15.1 Å². The van der Waals surface area contributed by atoms with E-state index in [2.05, 4.69) is 53.5 Å². The van der Waals surface area contributed by atoms with Gasteiger partial charge in [0.05, 0.1) is 11.3 Å². The molecule has 170 valence electrons. The quantitative estimate of drug-likeness (QED) is 0.186. The Hall–Kier alpha value is -4.25. The number of aromatic nitrogens is 1. The van der Waals surface area contributed by atoms with Crippen LogP contribution in [0.2, 0.25) is 0 Å². The predicted octanol–water partition coefficient (Wildman–Crippen LogP) is 6.35. The van der Waals surface area contributed by atoms with Crippen LogP contribution in [0.25, 0.3) is 11.1 Å². The van der Waals surface area contributed by atoms with E-state index in [0.29, 0.717) is 18.6 Å². The number of hydrogen-bond acceptors (Lipinski definition) is 4. The van der Waals surface area contributed by atoms with Gasteiger partial charge in [-0.15, -0.1) is 0 Å². The van der Waals surface area contributed by atoms with Crippen molar-refractivity contribution in [2.24, 2.45) is 5.16 Å². The smallest absolute Gasteiger partial charge is 0.335 e. The lowest BCUT2D eigenvalue weighted by Crippen LogP contribution is -2.12. The summed E-state index contributed by atoms with van der Waals surface area (Å²) in [6.07, 6.45) is 4.61. The molecule has 1 heterocycles. The molecule has 1 atom stereocenters. The number of carbonyl (C=O) groups is 1. The standard InChI is InChI=1S/C29H26N2O3/c1-20-4-2-3-5-27(20)28(19-26(31-34)18-21-14-16-30-17-15-21)24-10-6-22(7-11-24)23-8-12-25(13-9-23)29(32)33/h2-17,28,34H,18-19H2,1H3,(H,32,33)/b31-26+. The first-order valence-corrected chi connectivity index (χ1v) is 11.1. The number of hydrogen-bond donors (Lipinski definition) is 2. The van der Waals surface area contributed by atoms with Gasteiger partial charge in [0.15, 0.2) is 0 Å². The molecule has 4 aromatic rings. The van der Waals surface area contributed by atoms with E-state index in [1.54, 1.807) is 24.5 Å². The summed E-state index contributed by atoms with van der Waals surface area (Å²) in [6, 6.07) is 27.3. The van der Waals surface area contributed by atoms with Gasteiger partial charge >= 0.3 is 5.97 Å². The minimum Gasteiger partial charge on any atom is -0.478 e. The molecule has 0 saturated carbocycles. The molecule has 0 aliphatic heterocycles. The molecule has 0 aliphatic carbocycles. The lowest BCUT2D eigenvalue weighted by Gasteiger charge is -2.21. The lowest BCUT2D eigenvalue weighted by atomic mass is 9.83. The summed E-state index contributed by atoms with van der Waals surface area (Å²) >= 11 is 0. The number of aromatic carboxylic acids is 1. The number of benzene rings is 3. The van der Waals surface area contributed by atoms with Gasteiger partial charge < -0.3 is 10.3 Å². The first kappa shape index (κ1) is 22.9. The average Bonchev–Trinajstić information content (AvgIpc) is 2.88. The molecule has 0 bridgehead atoms. The van der Waals surface area contributed by atoms with Crippen LogP contribution in [0.3, 0.4) is 0 Å². The highest BCUT2D eigenvalue weighted by Crippen LogP contribution is 2.33. The molecular weight excluding hydrogens is 424 g/mol. The second-order valence-corrected chi connectivity index (χ2v) is 8.32. The van der Waals surface area contributed by atoms with Gasteiger partial charge in [-0.1, -0.05) is 65.8 Å². The molecule has 4 rings (SSSR count). The Kier molecular flexibility index (Phi) is 7.13. The number of oxime groups is 1. The van der Waals surface area contributed by atoms with Crippen molar-refractivity contribution in [3.8, 4) is 11.1 Å². The fourth-order valence-corrected chi connectivity index (χ4v) is 4.22. The Morgan fingerprint density at radius 3 is 2.09 bits per heavy atom. The summed E-state index contributed by atoms with van der Waals surface area (Å²) in [4.78, 5) is 15.2. The lowest BCUT2D eigenvalue weighted by molar-refractivity contribution is 0.0697. The fourth-order valence-electron chi connectivity index (χ4n) is 4.22. The summed E-state index contributed by atoms with van der Waals surface area (Å²) in [5, 5.41) is 22.6. The first-order chi connectivity index (χ1) is 16.5. The van der Waals surface area contributed by atoms with Crippen molar-refractivity contribution in [1.29, 1.82) is 0 Å². The van der Waals surface area contributed by atoms with Crippen molar-refractivity contribution in [2.45, 2.75) is 25.7 Å². The van der Waals surface area contributed by atoms with Crippen molar-refractivity contribution >= 4 is 11.7 Å². The maximum absolute atomic E-state index is 11.1. The van der Waals surface area contributed by atoms with Gasteiger partial charge in [0.25, 0.3) is 0 Å². The maximum Gasteiger partial charge on any atom is 0.335 e. The highest BCUT2D eigenvalue weighted by Gasteiger charge is 2.20. The van der Waals surface area contributed by atoms with Crippen LogP contribution in [0.1, 0.15) is 45.0 Å². The summed E-state index contributed by atoms with van der Waals surface area (Å²) in [6.45, 7) is 2.10. The minimum atomic E-state index is -0.934. The van der Waals surface area contributed by atoms with E-state index in [0.717, 1.165) is 22.3 Å². The Morgan fingerprint density at radius 2 is 1.50 bits per heavy atom. The van der Waals surface area contributed by atoms with Crippen LogP contribution < -0.4 is 0 Å². The van der Waals surface area contributed by atoms with Crippen LogP contribution in [-0.4, -0.2) is 27.0 Å². The molecule has 1 unspecified atom stereocenters. The third-order valence-electron chi connectivity index (χ3n) is 6.08. The van der Waals surface area contributed by atoms with Crippen LogP contribution in [0.4, 0.5) is 0 Å². The molecular formula is C29H26N2O3. The number of carboxylic acid groups (broad SMARTS) is 1. The van der Waals surface area contributed by atoms with Gasteiger partial charge in [-0.2, -0.15) is 0 Å². The maximum atomic E-state index is 11.1. The number of rotatable bonds is 8. The molecule has 5 heteroatoms. The average molecular weight is 451 g/mol. The van der Waals surface area contributed by atoms with Gasteiger partial charge in [-0.3, -0.25) is 4.98 Å². The Morgan fingerprint density at radius 1 is 0.882 bits per heavy atom. The Bertz CT molecular complexity index is 1280. The van der Waals surface area contributed by atoms with Crippen LogP contribution in [0, 0.1) is 6.92 Å². The van der Waals surface area contributed by atoms with Crippen LogP contribution in [-0.2, 0) is 6.42 Å². The largest absolute Gasteiger partial charge is 0.478 e. The molecule has 0 saturated heterocycles. The summed E-state index contributed by atoms with van der Waals surface area (Å²) in [7, 11) is 0. The normalized spacial score (nSPS) is 12.3. The SMILES string of the molecule is Cc1ccccc1C(C/C(Cc1ccncc1)=N/O)c1ccc(-c2ccc(C(=O)O)cc2)cc1. The second kappa shape index (κ2) is 10.6. The highest BCUT2D eigenvalue weighted by molar-refractivity contribution is 5.88. The number of pyridine rings is 1. The Labute approximate surface area is 199 Å². The van der Waals surface area contributed by atoms with Crippen LogP contribution in [0.5, 0.6) is 0 Å². The van der Waals surface area contributed by atoms with Gasteiger partial charge in [0.2, 0.25) is 0 Å². The molecule has 0 amide bonds. The molecule has 0 radical (unpaired) electrons. The molecule has 34 heavy (non-hydrogen) atoms. The highest BCUT2D eigenvalue weighted by atomic mass is 16.4. The Balaban J connectivity index is 1.64. The number of aryl methyl sites for hydroxylation is 1. The van der Waals surface area contributed by atoms with E-state index in [-0.39, 0.29) is 11.5 Å². The molecule has 5 nitrogen and oxygen atoms in total. The zero-order valence-corrected chi connectivity index (χ0v) is 18.9. The predicted molar refractivity (Wildman–Crippen MR) is 134 cm³/mol. The topological polar surface area (TPSA) is 82.8 Å². The van der Waals surface area contributed by atoms with Gasteiger partial charge in [0, 0.05) is 31.2 Å². The minimum absolute atomic E-state index is 0.0253. The molecule has 3 aromatic carbocycles. The zero-order chi connectivity index (χ0) is 23.9. The fraction of sp³-hybridized carbons (Fsp3) is 0.138. The van der Waals surface area contributed by atoms with E-state index in [1.807, 2.05) is 36.4 Å². The van der Waals surface area contributed by atoms with E-state index >= 15 is 0 Å². The van der Waals surface area contributed by atoms with Crippen molar-refractivity contribution in [2.75, 3.05) is 0 Å². The van der Waals surface area contributed by atoms with Crippen molar-refractivity contribution in [3.05, 3.63) is 125 Å². The second-order valence-electron chi connectivity index (χ2n) is 8.32. The molecule has 1 aromatic heterocycles. The molecule has 0 aliphatic rings. The van der Waals surface area contributed by atoms with Gasteiger partial charge in [-0.05, 0) is 64.6 Å². The number of nitrogens with zero attached hydrogens (tertiary/aromatic N) is 2. The third-order valence-corrected chi connectivity index (χ3v) is 6.08. The third kappa shape index (κ3) is 5.38. The van der Waals surface area contributed by atoms with Crippen LogP contribution >= 0.6 is 0 Å². The van der Waals surface area contributed by atoms with Crippen LogP contribution in [0.15, 0.2) is 102 Å². The number of carboxylic acids is 1. The zero-order valence-electron chi connectivity index (χ0n) is 18.9. The van der Waals surface area contributed by atoms with E-state index in [1.165, 1.54) is 11.1 Å².